The normalized spacial score (nSPS) is 13.1. The maximum atomic E-state index is 12.4. The molecule has 0 radical (unpaired) electrons. The van der Waals surface area contributed by atoms with E-state index in [1.54, 1.807) is 0 Å². The van der Waals surface area contributed by atoms with Crippen LogP contribution >= 0.6 is 11.6 Å². The van der Waals surface area contributed by atoms with Crippen LogP contribution in [0.2, 0.25) is 5.02 Å². The van der Waals surface area contributed by atoms with Crippen LogP contribution in [0.25, 0.3) is 11.0 Å². The molecule has 3 aromatic carbocycles. The summed E-state index contributed by atoms with van der Waals surface area (Å²) in [6.45, 7) is 6.45. The quantitative estimate of drug-likeness (QED) is 0.436. The van der Waals surface area contributed by atoms with Gasteiger partial charge in [-0.25, -0.2) is 4.98 Å². The molecule has 0 bridgehead atoms. The first kappa shape index (κ1) is 21.3. The smallest absolute Gasteiger partial charge is 0.262 e. The Hall–Kier alpha value is -3.51. The first-order valence-corrected chi connectivity index (χ1v) is 11.3. The summed E-state index contributed by atoms with van der Waals surface area (Å²) in [5.41, 5.74) is 6.10. The number of nitrogens with zero attached hydrogens (tertiary/aromatic N) is 3. The zero-order chi connectivity index (χ0) is 22.9. The van der Waals surface area contributed by atoms with Gasteiger partial charge in [0.1, 0.15) is 11.6 Å². The Labute approximate surface area is 197 Å². The van der Waals surface area contributed by atoms with Crippen LogP contribution in [-0.2, 0) is 17.9 Å². The van der Waals surface area contributed by atoms with Crippen molar-refractivity contribution in [2.24, 2.45) is 0 Å². The Morgan fingerprint density at radius 3 is 2.67 bits per heavy atom. The fourth-order valence-corrected chi connectivity index (χ4v) is 4.33. The fraction of sp³-hybridized carbons (Fsp3) is 0.231. The van der Waals surface area contributed by atoms with E-state index < -0.39 is 0 Å². The average molecular weight is 461 g/mol. The predicted octanol–water partition coefficient (Wildman–Crippen LogP) is 5.34. The van der Waals surface area contributed by atoms with Gasteiger partial charge in [-0.05, 0) is 67.9 Å². The molecule has 0 fully saturated rings. The van der Waals surface area contributed by atoms with Crippen LogP contribution in [0.15, 0.2) is 60.7 Å². The van der Waals surface area contributed by atoms with E-state index in [-0.39, 0.29) is 12.5 Å². The first-order valence-electron chi connectivity index (χ1n) is 11.0. The molecule has 168 valence electrons. The first-order chi connectivity index (χ1) is 16.0. The topological polar surface area (TPSA) is 59.4 Å². The number of hydrogen-bond acceptors (Lipinski definition) is 4. The zero-order valence-corrected chi connectivity index (χ0v) is 19.4. The number of nitrogens with one attached hydrogen (secondary N) is 1. The van der Waals surface area contributed by atoms with E-state index in [0.717, 1.165) is 59.0 Å². The molecule has 6 nitrogen and oxygen atoms in total. The van der Waals surface area contributed by atoms with Gasteiger partial charge in [-0.1, -0.05) is 29.3 Å². The molecule has 1 aliphatic heterocycles. The second kappa shape index (κ2) is 8.79. The summed E-state index contributed by atoms with van der Waals surface area (Å²) in [5.74, 6) is 1.53. The van der Waals surface area contributed by atoms with Crippen LogP contribution in [0.5, 0.6) is 5.75 Å². The van der Waals surface area contributed by atoms with Crippen LogP contribution < -0.4 is 15.0 Å². The van der Waals surface area contributed by atoms with Gasteiger partial charge in [0.05, 0.1) is 17.6 Å². The van der Waals surface area contributed by atoms with Crippen molar-refractivity contribution in [1.82, 2.24) is 9.55 Å². The van der Waals surface area contributed by atoms with Gasteiger partial charge < -0.3 is 19.5 Å². The fourth-order valence-electron chi connectivity index (χ4n) is 4.17. The molecule has 0 saturated heterocycles. The Bertz CT molecular complexity index is 1330. The number of halogens is 1. The van der Waals surface area contributed by atoms with Gasteiger partial charge >= 0.3 is 0 Å². The third-order valence-electron chi connectivity index (χ3n) is 5.96. The van der Waals surface area contributed by atoms with Crippen LogP contribution in [0, 0.1) is 13.8 Å². The molecule has 1 amide bonds. The van der Waals surface area contributed by atoms with E-state index in [1.165, 1.54) is 0 Å². The number of fused-ring (bicyclic) bond motifs is 3. The number of imidazole rings is 1. The van der Waals surface area contributed by atoms with Crippen molar-refractivity contribution in [3.8, 4) is 5.75 Å². The lowest BCUT2D eigenvalue weighted by Crippen LogP contribution is -2.33. The summed E-state index contributed by atoms with van der Waals surface area (Å²) in [7, 11) is 0. The molecule has 33 heavy (non-hydrogen) atoms. The van der Waals surface area contributed by atoms with E-state index in [1.807, 2.05) is 68.4 Å². The minimum absolute atomic E-state index is 0.0311. The lowest BCUT2D eigenvalue weighted by Gasteiger charge is -2.30. The van der Waals surface area contributed by atoms with Crippen LogP contribution in [0.1, 0.15) is 17.0 Å². The second-order valence-corrected chi connectivity index (χ2v) is 8.82. The van der Waals surface area contributed by atoms with Crippen molar-refractivity contribution in [3.05, 3.63) is 82.6 Å². The summed E-state index contributed by atoms with van der Waals surface area (Å²) < 4.78 is 7.84. The molecule has 1 N–H and O–H groups in total. The number of hydrogen-bond donors (Lipinski definition) is 1. The molecular weight excluding hydrogens is 436 g/mol. The van der Waals surface area contributed by atoms with E-state index in [9.17, 15) is 4.79 Å². The molecule has 0 unspecified atom stereocenters. The SMILES string of the molecule is Cc1ccc(OCC(=O)Nc2ccc(N3CCn4c(nc5cc(Cl)ccc54)C3)cc2C)cc1. The van der Waals surface area contributed by atoms with Gasteiger partial charge in [0, 0.05) is 29.5 Å². The standard InChI is InChI=1S/C26H25ClN4O2/c1-17-3-7-21(8-4-17)33-16-26(32)29-22-9-6-20(13-18(22)2)30-11-12-31-24-10-5-19(27)14-23(24)28-25(31)15-30/h3-10,13-14H,11-12,15-16H2,1-2H3,(H,29,32). The summed E-state index contributed by atoms with van der Waals surface area (Å²) in [4.78, 5) is 19.5. The summed E-state index contributed by atoms with van der Waals surface area (Å²) >= 11 is 6.13. The Balaban J connectivity index is 1.25. The van der Waals surface area contributed by atoms with Crippen LogP contribution in [0.3, 0.4) is 0 Å². The third kappa shape index (κ3) is 4.52. The Morgan fingerprint density at radius 2 is 1.88 bits per heavy atom. The van der Waals surface area contributed by atoms with Gasteiger partial charge in [-0.2, -0.15) is 0 Å². The van der Waals surface area contributed by atoms with E-state index in [0.29, 0.717) is 10.8 Å². The summed E-state index contributed by atoms with van der Waals surface area (Å²) in [5, 5.41) is 3.65. The number of amides is 1. The van der Waals surface area contributed by atoms with Crippen molar-refractivity contribution in [1.29, 1.82) is 0 Å². The Morgan fingerprint density at radius 1 is 1.06 bits per heavy atom. The highest BCUT2D eigenvalue weighted by Gasteiger charge is 2.21. The highest BCUT2D eigenvalue weighted by atomic mass is 35.5. The Kier molecular flexibility index (Phi) is 5.68. The van der Waals surface area contributed by atoms with E-state index in [4.69, 9.17) is 21.3 Å². The molecule has 0 saturated carbocycles. The van der Waals surface area contributed by atoms with Crippen LogP contribution in [-0.4, -0.2) is 28.6 Å². The number of aromatic nitrogens is 2. The summed E-state index contributed by atoms with van der Waals surface area (Å²) in [6, 6.07) is 19.6. The zero-order valence-electron chi connectivity index (χ0n) is 18.6. The lowest BCUT2D eigenvalue weighted by atomic mass is 10.1. The maximum absolute atomic E-state index is 12.4. The minimum atomic E-state index is -0.184. The van der Waals surface area contributed by atoms with Crippen molar-refractivity contribution >= 4 is 39.9 Å². The molecule has 1 aromatic heterocycles. The molecule has 5 rings (SSSR count). The van der Waals surface area contributed by atoms with Crippen molar-refractivity contribution in [2.75, 3.05) is 23.4 Å². The molecule has 0 spiro atoms. The number of carbonyl (C=O) groups excluding carboxylic acids is 1. The average Bonchev–Trinajstić information content (AvgIpc) is 3.16. The van der Waals surface area contributed by atoms with Crippen LogP contribution in [0.4, 0.5) is 11.4 Å². The summed E-state index contributed by atoms with van der Waals surface area (Å²) in [6.07, 6.45) is 0. The number of carbonyl (C=O) groups is 1. The predicted molar refractivity (Wildman–Crippen MR) is 132 cm³/mol. The number of rotatable bonds is 5. The number of ether oxygens (including phenoxy) is 1. The van der Waals surface area contributed by atoms with Gasteiger partial charge in [0.25, 0.3) is 5.91 Å². The number of aryl methyl sites for hydroxylation is 2. The third-order valence-corrected chi connectivity index (χ3v) is 6.19. The highest BCUT2D eigenvalue weighted by molar-refractivity contribution is 6.31. The largest absolute Gasteiger partial charge is 0.484 e. The highest BCUT2D eigenvalue weighted by Crippen LogP contribution is 2.28. The van der Waals surface area contributed by atoms with Crippen molar-refractivity contribution in [3.63, 3.8) is 0 Å². The number of anilines is 2. The van der Waals surface area contributed by atoms with Gasteiger partial charge in [-0.15, -0.1) is 0 Å². The number of benzene rings is 3. The van der Waals surface area contributed by atoms with Gasteiger partial charge in [0.15, 0.2) is 6.61 Å². The van der Waals surface area contributed by atoms with Gasteiger partial charge in [-0.3, -0.25) is 4.79 Å². The minimum Gasteiger partial charge on any atom is -0.484 e. The molecule has 1 aliphatic rings. The van der Waals surface area contributed by atoms with Crippen molar-refractivity contribution in [2.45, 2.75) is 26.9 Å². The van der Waals surface area contributed by atoms with E-state index >= 15 is 0 Å². The monoisotopic (exact) mass is 460 g/mol. The van der Waals surface area contributed by atoms with Gasteiger partial charge in [0.2, 0.25) is 0 Å². The lowest BCUT2D eigenvalue weighted by molar-refractivity contribution is -0.118. The molecule has 2 heterocycles. The van der Waals surface area contributed by atoms with E-state index in [2.05, 4.69) is 20.9 Å². The van der Waals surface area contributed by atoms with Crippen molar-refractivity contribution < 1.29 is 9.53 Å². The molecular formula is C26H25ClN4O2. The molecule has 0 atom stereocenters. The maximum Gasteiger partial charge on any atom is 0.262 e. The second-order valence-electron chi connectivity index (χ2n) is 8.38. The molecule has 7 heteroatoms. The molecule has 4 aromatic rings. The molecule has 0 aliphatic carbocycles.